The van der Waals surface area contributed by atoms with Gasteiger partial charge in [-0.2, -0.15) is 0 Å². The number of hydrogen-bond acceptors (Lipinski definition) is 4. The molecule has 0 bridgehead atoms. The maximum absolute atomic E-state index is 12.6. The molecule has 6 heteroatoms. The maximum atomic E-state index is 12.6. The monoisotopic (exact) mass is 339 g/mol. The van der Waals surface area contributed by atoms with E-state index in [-0.39, 0.29) is 5.91 Å². The minimum atomic E-state index is -0.588. The zero-order valence-corrected chi connectivity index (χ0v) is 14.1. The van der Waals surface area contributed by atoms with Crippen LogP contribution in [0.15, 0.2) is 54.6 Å². The first-order valence-electron chi connectivity index (χ1n) is 8.23. The fraction of sp³-hybridized carbons (Fsp3) is 0.263. The van der Waals surface area contributed by atoms with E-state index >= 15 is 0 Å². The Morgan fingerprint density at radius 1 is 0.960 bits per heavy atom. The van der Waals surface area contributed by atoms with E-state index in [2.05, 4.69) is 10.2 Å². The van der Waals surface area contributed by atoms with Crippen LogP contribution in [-0.2, 0) is 0 Å². The van der Waals surface area contributed by atoms with Gasteiger partial charge in [0.25, 0.3) is 5.91 Å². The van der Waals surface area contributed by atoms with Crippen molar-refractivity contribution in [1.29, 1.82) is 0 Å². The molecular weight excluding hydrogens is 318 g/mol. The quantitative estimate of drug-likeness (QED) is 0.934. The molecule has 1 heterocycles. The van der Waals surface area contributed by atoms with Crippen LogP contribution in [0.5, 0.6) is 5.75 Å². The van der Waals surface area contributed by atoms with Crippen molar-refractivity contribution < 1.29 is 14.3 Å². The highest BCUT2D eigenvalue weighted by Crippen LogP contribution is 2.15. The second-order valence-electron chi connectivity index (χ2n) is 6.00. The highest BCUT2D eigenvalue weighted by atomic mass is 16.6. The number of carbonyl (C=O) groups excluding carboxylic acids is 2. The lowest BCUT2D eigenvalue weighted by atomic mass is 10.1. The minimum Gasteiger partial charge on any atom is -0.410 e. The minimum absolute atomic E-state index is 0.0202. The van der Waals surface area contributed by atoms with Crippen molar-refractivity contribution in [3.63, 3.8) is 0 Å². The Morgan fingerprint density at radius 2 is 1.68 bits per heavy atom. The second-order valence-corrected chi connectivity index (χ2v) is 6.00. The van der Waals surface area contributed by atoms with Crippen LogP contribution in [0.25, 0.3) is 0 Å². The van der Waals surface area contributed by atoms with Crippen molar-refractivity contribution in [2.75, 3.05) is 38.5 Å². The van der Waals surface area contributed by atoms with E-state index in [1.807, 2.05) is 18.0 Å². The number of para-hydroxylation sites is 1. The molecule has 0 saturated carbocycles. The third-order valence-corrected chi connectivity index (χ3v) is 4.10. The molecule has 0 unspecified atom stereocenters. The molecule has 1 aliphatic heterocycles. The summed E-state index contributed by atoms with van der Waals surface area (Å²) in [7, 11) is 2.05. The van der Waals surface area contributed by atoms with Crippen molar-refractivity contribution in [2.24, 2.45) is 0 Å². The summed E-state index contributed by atoms with van der Waals surface area (Å²) in [6.07, 6.45) is -0.588. The number of nitrogens with one attached hydrogen (secondary N) is 1. The lowest BCUT2D eigenvalue weighted by Crippen LogP contribution is -2.47. The van der Waals surface area contributed by atoms with E-state index in [1.54, 1.807) is 48.5 Å². The van der Waals surface area contributed by atoms with Crippen molar-refractivity contribution in [2.45, 2.75) is 0 Å². The highest BCUT2D eigenvalue weighted by Gasteiger charge is 2.20. The van der Waals surface area contributed by atoms with Gasteiger partial charge in [0.15, 0.2) is 0 Å². The zero-order valence-electron chi connectivity index (χ0n) is 14.1. The van der Waals surface area contributed by atoms with Crippen LogP contribution >= 0.6 is 0 Å². The second kappa shape index (κ2) is 7.81. The molecule has 130 valence electrons. The number of benzene rings is 2. The smallest absolute Gasteiger partial charge is 0.410 e. The Kier molecular flexibility index (Phi) is 5.30. The fourth-order valence-corrected chi connectivity index (χ4v) is 2.66. The molecule has 6 nitrogen and oxygen atoms in total. The third kappa shape index (κ3) is 4.58. The van der Waals surface area contributed by atoms with Gasteiger partial charge in [-0.05, 0) is 37.4 Å². The number of hydrogen-bond donors (Lipinski definition) is 1. The average Bonchev–Trinajstić information content (AvgIpc) is 2.63. The summed E-state index contributed by atoms with van der Waals surface area (Å²) in [5, 5.41) is 2.66. The van der Waals surface area contributed by atoms with Crippen molar-refractivity contribution in [3.05, 3.63) is 60.2 Å². The Bertz CT molecular complexity index is 741. The predicted molar refractivity (Wildman–Crippen MR) is 95.9 cm³/mol. The number of rotatable bonds is 3. The van der Waals surface area contributed by atoms with E-state index in [0.717, 1.165) is 13.1 Å². The van der Waals surface area contributed by atoms with Gasteiger partial charge in [-0.25, -0.2) is 4.79 Å². The summed E-state index contributed by atoms with van der Waals surface area (Å²) in [5.74, 6) is 0.442. The van der Waals surface area contributed by atoms with Gasteiger partial charge in [0.05, 0.1) is 0 Å². The van der Waals surface area contributed by atoms with Gasteiger partial charge in [-0.15, -0.1) is 0 Å². The SMILES string of the molecule is CN1CCN(C(=O)c2cccc(NC(=O)Oc3ccccc3)c2)CC1. The van der Waals surface area contributed by atoms with Gasteiger partial charge in [0, 0.05) is 37.4 Å². The van der Waals surface area contributed by atoms with E-state index in [4.69, 9.17) is 4.74 Å². The molecule has 0 spiro atoms. The number of anilines is 1. The van der Waals surface area contributed by atoms with Gasteiger partial charge in [0.2, 0.25) is 0 Å². The van der Waals surface area contributed by atoms with Crippen molar-refractivity contribution >= 4 is 17.7 Å². The molecular formula is C19H21N3O3. The van der Waals surface area contributed by atoms with Crippen LogP contribution in [0.4, 0.5) is 10.5 Å². The van der Waals surface area contributed by atoms with Gasteiger partial charge in [-0.1, -0.05) is 24.3 Å². The van der Waals surface area contributed by atoms with Crippen LogP contribution in [-0.4, -0.2) is 55.0 Å². The first kappa shape index (κ1) is 17.0. The van der Waals surface area contributed by atoms with Gasteiger partial charge < -0.3 is 14.5 Å². The van der Waals surface area contributed by atoms with E-state index in [0.29, 0.717) is 30.1 Å². The van der Waals surface area contributed by atoms with Gasteiger partial charge in [-0.3, -0.25) is 10.1 Å². The summed E-state index contributed by atoms with van der Waals surface area (Å²) < 4.78 is 5.20. The van der Waals surface area contributed by atoms with Gasteiger partial charge >= 0.3 is 6.09 Å². The van der Waals surface area contributed by atoms with Gasteiger partial charge in [0.1, 0.15) is 5.75 Å². The molecule has 3 rings (SSSR count). The molecule has 0 atom stereocenters. The molecule has 25 heavy (non-hydrogen) atoms. The molecule has 2 aromatic rings. The molecule has 1 fully saturated rings. The molecule has 1 N–H and O–H groups in total. The summed E-state index contributed by atoms with van der Waals surface area (Å²) >= 11 is 0. The topological polar surface area (TPSA) is 61.9 Å². The summed E-state index contributed by atoms with van der Waals surface area (Å²) in [5.41, 5.74) is 1.09. The molecule has 1 saturated heterocycles. The van der Waals surface area contributed by atoms with Crippen LogP contribution < -0.4 is 10.1 Å². The largest absolute Gasteiger partial charge is 0.417 e. The summed E-state index contributed by atoms with van der Waals surface area (Å²) in [4.78, 5) is 28.6. The standard InChI is InChI=1S/C19H21N3O3/c1-21-10-12-22(13-11-21)18(23)15-6-5-7-16(14-15)20-19(24)25-17-8-3-2-4-9-17/h2-9,14H,10-13H2,1H3,(H,20,24). The van der Waals surface area contributed by atoms with E-state index in [9.17, 15) is 9.59 Å². The lowest BCUT2D eigenvalue weighted by molar-refractivity contribution is 0.0664. The number of ether oxygens (including phenoxy) is 1. The lowest BCUT2D eigenvalue weighted by Gasteiger charge is -2.32. The first-order chi connectivity index (χ1) is 12.1. The normalized spacial score (nSPS) is 14.8. The summed E-state index contributed by atoms with van der Waals surface area (Å²) in [6.45, 7) is 3.16. The van der Waals surface area contributed by atoms with Crippen LogP contribution in [0.2, 0.25) is 0 Å². The molecule has 0 aromatic heterocycles. The number of nitrogens with zero attached hydrogens (tertiary/aromatic N) is 2. The highest BCUT2D eigenvalue weighted by molar-refractivity contribution is 5.96. The van der Waals surface area contributed by atoms with E-state index in [1.165, 1.54) is 0 Å². The molecule has 2 aromatic carbocycles. The number of carbonyl (C=O) groups is 2. The Balaban J connectivity index is 1.63. The maximum Gasteiger partial charge on any atom is 0.417 e. The molecule has 0 radical (unpaired) electrons. The Labute approximate surface area is 147 Å². The summed E-state index contributed by atoms with van der Waals surface area (Å²) in [6, 6.07) is 15.7. The third-order valence-electron chi connectivity index (χ3n) is 4.10. The Hall–Kier alpha value is -2.86. The van der Waals surface area contributed by atoms with Crippen molar-refractivity contribution in [3.8, 4) is 5.75 Å². The average molecular weight is 339 g/mol. The zero-order chi connectivity index (χ0) is 17.6. The Morgan fingerprint density at radius 3 is 2.40 bits per heavy atom. The fourth-order valence-electron chi connectivity index (χ4n) is 2.66. The van der Waals surface area contributed by atoms with Crippen LogP contribution in [0, 0.1) is 0 Å². The number of piperazine rings is 1. The molecule has 0 aliphatic carbocycles. The van der Waals surface area contributed by atoms with Crippen molar-refractivity contribution in [1.82, 2.24) is 9.80 Å². The first-order valence-corrected chi connectivity index (χ1v) is 8.23. The van der Waals surface area contributed by atoms with Crippen LogP contribution in [0.3, 0.4) is 0 Å². The van der Waals surface area contributed by atoms with Crippen LogP contribution in [0.1, 0.15) is 10.4 Å². The molecule has 1 aliphatic rings. The molecule has 2 amide bonds. The number of likely N-dealkylation sites (N-methyl/N-ethyl adjacent to an activating group) is 1. The predicted octanol–water partition coefficient (Wildman–Crippen LogP) is 2.69. The van der Waals surface area contributed by atoms with E-state index < -0.39 is 6.09 Å². The number of amides is 2.